The number of methoxy groups -OCH3 is 2. The Kier molecular flexibility index (Phi) is 6.93. The first-order valence-corrected chi connectivity index (χ1v) is 13.1. The van der Waals surface area contributed by atoms with Gasteiger partial charge in [-0.3, -0.25) is 0 Å². The van der Waals surface area contributed by atoms with E-state index in [2.05, 4.69) is 10.3 Å². The van der Waals surface area contributed by atoms with Gasteiger partial charge >= 0.3 is 0 Å². The fraction of sp³-hybridized carbons (Fsp3) is 0.348. The van der Waals surface area contributed by atoms with E-state index < -0.39 is 15.1 Å². The molecule has 170 valence electrons. The van der Waals surface area contributed by atoms with Gasteiger partial charge in [0, 0.05) is 29.9 Å². The number of rotatable bonds is 7. The minimum Gasteiger partial charge on any atom is -0.493 e. The summed E-state index contributed by atoms with van der Waals surface area (Å²) < 4.78 is 36.6. The topological polar surface area (TPSA) is 68.7 Å². The lowest BCUT2D eigenvalue weighted by molar-refractivity contribution is 0.354. The van der Waals surface area contributed by atoms with Crippen molar-refractivity contribution in [2.45, 2.75) is 29.4 Å². The number of benzene rings is 2. The average molecular weight is 493 g/mol. The van der Waals surface area contributed by atoms with Crippen LogP contribution in [0.25, 0.3) is 0 Å². The van der Waals surface area contributed by atoms with Gasteiger partial charge in [-0.25, -0.2) is 13.4 Å². The molecule has 1 aliphatic heterocycles. The second kappa shape index (κ2) is 9.68. The molecule has 1 aromatic heterocycles. The maximum absolute atomic E-state index is 13.0. The first-order valence-electron chi connectivity index (χ1n) is 10.3. The highest BCUT2D eigenvalue weighted by Crippen LogP contribution is 2.32. The number of hydrogen-bond acceptors (Lipinski definition) is 7. The Balaban J connectivity index is 1.40. The molecule has 1 aliphatic rings. The van der Waals surface area contributed by atoms with Crippen LogP contribution in [0, 0.1) is 0 Å². The molecule has 0 spiro atoms. The van der Waals surface area contributed by atoms with Gasteiger partial charge in [0.25, 0.3) is 0 Å². The van der Waals surface area contributed by atoms with Gasteiger partial charge in [0.1, 0.15) is 0 Å². The van der Waals surface area contributed by atoms with Crippen molar-refractivity contribution in [3.05, 3.63) is 64.1 Å². The number of thiazole rings is 1. The van der Waals surface area contributed by atoms with Crippen LogP contribution in [0.4, 0.5) is 5.13 Å². The van der Waals surface area contributed by atoms with E-state index in [1.807, 2.05) is 18.2 Å². The number of halogens is 1. The molecular formula is C23H25ClN2O4S2. The average Bonchev–Trinajstić information content (AvgIpc) is 3.27. The summed E-state index contributed by atoms with van der Waals surface area (Å²) in [6, 6.07) is 12.4. The number of ether oxygens (including phenoxy) is 2. The Morgan fingerprint density at radius 1 is 1.09 bits per heavy atom. The third kappa shape index (κ3) is 4.87. The highest BCUT2D eigenvalue weighted by atomic mass is 35.5. The van der Waals surface area contributed by atoms with E-state index in [0.717, 1.165) is 16.4 Å². The predicted molar refractivity (Wildman–Crippen MR) is 128 cm³/mol. The fourth-order valence-electron chi connectivity index (χ4n) is 3.92. The Labute approximate surface area is 197 Å². The molecule has 0 saturated carbocycles. The summed E-state index contributed by atoms with van der Waals surface area (Å²) in [5, 5.41) is 3.02. The van der Waals surface area contributed by atoms with Crippen LogP contribution in [0.3, 0.4) is 0 Å². The molecule has 6 nitrogen and oxygen atoms in total. The van der Waals surface area contributed by atoms with Crippen molar-refractivity contribution in [2.75, 3.05) is 32.2 Å². The quantitative estimate of drug-likeness (QED) is 0.469. The summed E-state index contributed by atoms with van der Waals surface area (Å²) in [6.45, 7) is 1.32. The summed E-state index contributed by atoms with van der Waals surface area (Å²) in [7, 11) is -0.146. The molecule has 0 aliphatic carbocycles. The standard InChI is InChI=1S/C23H25ClN2O4S2/c1-29-21-7-6-16(13-22(21)30-2)12-18-15-31-23(25-18)26-10-8-19(9-11-26)32(27,28)20-5-3-4-17(24)14-20/h3-7,13-15,19H,8-12H2,1-2H3. The van der Waals surface area contributed by atoms with Crippen LogP contribution >= 0.6 is 22.9 Å². The van der Waals surface area contributed by atoms with E-state index in [0.29, 0.717) is 53.8 Å². The van der Waals surface area contributed by atoms with E-state index >= 15 is 0 Å². The monoisotopic (exact) mass is 492 g/mol. The molecule has 4 rings (SSSR count). The lowest BCUT2D eigenvalue weighted by Gasteiger charge is -2.31. The Hall–Kier alpha value is -2.29. The Morgan fingerprint density at radius 2 is 1.84 bits per heavy atom. The van der Waals surface area contributed by atoms with Crippen LogP contribution in [0.1, 0.15) is 24.1 Å². The Morgan fingerprint density at radius 3 is 2.53 bits per heavy atom. The molecule has 1 saturated heterocycles. The predicted octanol–water partition coefficient (Wildman–Crippen LogP) is 4.85. The maximum Gasteiger partial charge on any atom is 0.185 e. The number of sulfone groups is 1. The largest absolute Gasteiger partial charge is 0.493 e. The molecule has 0 N–H and O–H groups in total. The van der Waals surface area contributed by atoms with E-state index in [4.69, 9.17) is 26.1 Å². The third-order valence-corrected chi connectivity index (χ3v) is 9.09. The molecule has 0 bridgehead atoms. The van der Waals surface area contributed by atoms with Crippen molar-refractivity contribution in [1.82, 2.24) is 4.98 Å². The van der Waals surface area contributed by atoms with E-state index in [1.165, 1.54) is 6.07 Å². The molecule has 0 atom stereocenters. The molecule has 0 unspecified atom stereocenters. The lowest BCUT2D eigenvalue weighted by Crippen LogP contribution is -2.39. The smallest absolute Gasteiger partial charge is 0.185 e. The van der Waals surface area contributed by atoms with Crippen molar-refractivity contribution in [3.63, 3.8) is 0 Å². The number of nitrogens with zero attached hydrogens (tertiary/aromatic N) is 2. The lowest BCUT2D eigenvalue weighted by atomic mass is 10.1. The second-order valence-electron chi connectivity index (χ2n) is 7.68. The Bertz CT molecular complexity index is 1190. The van der Waals surface area contributed by atoms with Crippen molar-refractivity contribution < 1.29 is 17.9 Å². The van der Waals surface area contributed by atoms with Crippen molar-refractivity contribution in [1.29, 1.82) is 0 Å². The van der Waals surface area contributed by atoms with Gasteiger partial charge in [0.15, 0.2) is 26.5 Å². The van der Waals surface area contributed by atoms with Crippen LogP contribution < -0.4 is 14.4 Å². The minimum atomic E-state index is -3.39. The molecule has 2 heterocycles. The van der Waals surface area contributed by atoms with Crippen LogP contribution in [0.2, 0.25) is 5.02 Å². The van der Waals surface area contributed by atoms with Gasteiger partial charge in [-0.2, -0.15) is 0 Å². The van der Waals surface area contributed by atoms with Gasteiger partial charge in [0.05, 0.1) is 30.1 Å². The number of hydrogen-bond donors (Lipinski definition) is 0. The molecule has 9 heteroatoms. The molecule has 1 fully saturated rings. The number of piperidine rings is 1. The van der Waals surface area contributed by atoms with Gasteiger partial charge in [-0.1, -0.05) is 23.7 Å². The highest BCUT2D eigenvalue weighted by Gasteiger charge is 2.32. The van der Waals surface area contributed by atoms with Crippen LogP contribution in [-0.2, 0) is 16.3 Å². The van der Waals surface area contributed by atoms with E-state index in [-0.39, 0.29) is 0 Å². The first-order chi connectivity index (χ1) is 15.4. The summed E-state index contributed by atoms with van der Waals surface area (Å²) in [5.74, 6) is 1.40. The van der Waals surface area contributed by atoms with Crippen molar-refractivity contribution >= 4 is 37.9 Å². The normalized spacial score (nSPS) is 15.0. The SMILES string of the molecule is COc1ccc(Cc2csc(N3CCC(S(=O)(=O)c4cccc(Cl)c4)CC3)n2)cc1OC. The zero-order chi connectivity index (χ0) is 22.7. The summed E-state index contributed by atoms with van der Waals surface area (Å²) in [6.07, 6.45) is 1.83. The molecule has 2 aromatic carbocycles. The molecular weight excluding hydrogens is 468 g/mol. The minimum absolute atomic E-state index is 0.301. The van der Waals surface area contributed by atoms with Gasteiger partial charge in [-0.15, -0.1) is 11.3 Å². The van der Waals surface area contributed by atoms with Gasteiger partial charge in [0.2, 0.25) is 0 Å². The van der Waals surface area contributed by atoms with Crippen molar-refractivity contribution in [2.24, 2.45) is 0 Å². The zero-order valence-corrected chi connectivity index (χ0v) is 20.3. The number of anilines is 1. The van der Waals surface area contributed by atoms with Gasteiger partial charge in [-0.05, 0) is 48.7 Å². The fourth-order valence-corrected chi connectivity index (χ4v) is 6.83. The maximum atomic E-state index is 13.0. The van der Waals surface area contributed by atoms with Gasteiger partial charge < -0.3 is 14.4 Å². The van der Waals surface area contributed by atoms with Crippen LogP contribution in [0.15, 0.2) is 52.7 Å². The number of aromatic nitrogens is 1. The third-order valence-electron chi connectivity index (χ3n) is 5.65. The molecule has 0 radical (unpaired) electrons. The summed E-state index contributed by atoms with van der Waals surface area (Å²) in [5.41, 5.74) is 2.07. The highest BCUT2D eigenvalue weighted by molar-refractivity contribution is 7.92. The first kappa shape index (κ1) is 22.9. The molecule has 32 heavy (non-hydrogen) atoms. The van der Waals surface area contributed by atoms with Crippen molar-refractivity contribution in [3.8, 4) is 11.5 Å². The summed E-state index contributed by atoms with van der Waals surface area (Å²) >= 11 is 7.58. The summed E-state index contributed by atoms with van der Waals surface area (Å²) in [4.78, 5) is 7.26. The second-order valence-corrected chi connectivity index (χ2v) is 11.2. The molecule has 0 amide bonds. The van der Waals surface area contributed by atoms with Crippen LogP contribution in [0.5, 0.6) is 11.5 Å². The molecule has 3 aromatic rings. The van der Waals surface area contributed by atoms with E-state index in [9.17, 15) is 8.42 Å². The van der Waals surface area contributed by atoms with Crippen LogP contribution in [-0.4, -0.2) is 46.0 Å². The zero-order valence-electron chi connectivity index (χ0n) is 18.0. The van der Waals surface area contributed by atoms with E-state index in [1.54, 1.807) is 43.8 Å².